The Balaban J connectivity index is 1.81. The molecule has 0 fully saturated rings. The minimum absolute atomic E-state index is 0.00653. The van der Waals surface area contributed by atoms with E-state index >= 15 is 0 Å². The van der Waals surface area contributed by atoms with Crippen LogP contribution in [-0.2, 0) is 6.18 Å². The molecule has 1 N–H and O–H groups in total. The second-order valence-corrected chi connectivity index (χ2v) is 7.75. The Morgan fingerprint density at radius 3 is 2.52 bits per heavy atom. The maximum absolute atomic E-state index is 13.8. The number of carbonyl (C=O) groups excluding carboxylic acids is 1. The summed E-state index contributed by atoms with van der Waals surface area (Å²) in [6.07, 6.45) is -7.01. The smallest absolute Gasteiger partial charge is 0.342 e. The molecule has 0 aliphatic rings. The molecule has 1 atom stereocenters. The van der Waals surface area contributed by atoms with E-state index in [4.69, 9.17) is 0 Å². The number of rotatable bonds is 6. The number of alkyl halides is 6. The van der Waals surface area contributed by atoms with Crippen molar-refractivity contribution in [2.45, 2.75) is 30.2 Å². The highest BCUT2D eigenvalue weighted by molar-refractivity contribution is 7.99. The Morgan fingerprint density at radius 1 is 1.15 bits per heavy atom. The number of amides is 1. The van der Waals surface area contributed by atoms with Gasteiger partial charge in [-0.1, -0.05) is 0 Å². The van der Waals surface area contributed by atoms with Crippen molar-refractivity contribution in [3.63, 3.8) is 0 Å². The number of aromatic nitrogens is 4. The van der Waals surface area contributed by atoms with Gasteiger partial charge in [0.25, 0.3) is 5.91 Å². The molecule has 0 saturated heterocycles. The van der Waals surface area contributed by atoms with E-state index in [0.29, 0.717) is 12.1 Å². The van der Waals surface area contributed by atoms with Gasteiger partial charge in [-0.3, -0.25) is 4.79 Å². The van der Waals surface area contributed by atoms with Gasteiger partial charge in [-0.15, -0.1) is 16.9 Å². The number of thioether (sulfide) groups is 1. The molecule has 0 spiro atoms. The highest BCUT2D eigenvalue weighted by atomic mass is 32.2. The second kappa shape index (κ2) is 9.37. The molecule has 1 unspecified atom stereocenters. The van der Waals surface area contributed by atoms with Crippen molar-refractivity contribution >= 4 is 17.7 Å². The zero-order valence-electron chi connectivity index (χ0n) is 16.6. The van der Waals surface area contributed by atoms with Gasteiger partial charge in [0, 0.05) is 16.7 Å². The van der Waals surface area contributed by atoms with Gasteiger partial charge in [-0.2, -0.15) is 31.0 Å². The van der Waals surface area contributed by atoms with E-state index in [1.54, 1.807) is 0 Å². The first-order chi connectivity index (χ1) is 15.3. The third-order valence-corrected chi connectivity index (χ3v) is 5.14. The van der Waals surface area contributed by atoms with Crippen molar-refractivity contribution in [2.24, 2.45) is 0 Å². The Kier molecular flexibility index (Phi) is 6.95. The van der Waals surface area contributed by atoms with Gasteiger partial charge in [-0.25, -0.2) is 14.4 Å². The summed E-state index contributed by atoms with van der Waals surface area (Å²) in [5.74, 6) is -3.23. The lowest BCUT2D eigenvalue weighted by Crippen LogP contribution is -2.28. The van der Waals surface area contributed by atoms with Gasteiger partial charge in [0.1, 0.15) is 6.33 Å². The van der Waals surface area contributed by atoms with E-state index < -0.39 is 47.0 Å². The van der Waals surface area contributed by atoms with Crippen molar-refractivity contribution in [2.75, 3.05) is 5.75 Å². The molecule has 33 heavy (non-hydrogen) atoms. The highest BCUT2D eigenvalue weighted by Crippen LogP contribution is 2.35. The molecule has 6 nitrogen and oxygen atoms in total. The first kappa shape index (κ1) is 24.5. The van der Waals surface area contributed by atoms with Crippen LogP contribution in [0.25, 0.3) is 5.82 Å². The number of nitrogens with zero attached hydrogens (tertiary/aromatic N) is 4. The molecular weight excluding hydrogens is 479 g/mol. The normalized spacial score (nSPS) is 13.1. The highest BCUT2D eigenvalue weighted by Gasteiger charge is 2.33. The number of hydrogen-bond donors (Lipinski definition) is 1. The van der Waals surface area contributed by atoms with Crippen molar-refractivity contribution in [3.8, 4) is 5.82 Å². The summed E-state index contributed by atoms with van der Waals surface area (Å²) in [7, 11) is 0. The number of pyridine rings is 1. The average molecular weight is 493 g/mol. The first-order valence-corrected chi connectivity index (χ1v) is 10.1. The lowest BCUT2D eigenvalue weighted by molar-refractivity contribution is -0.137. The van der Waals surface area contributed by atoms with Crippen molar-refractivity contribution in [1.29, 1.82) is 0 Å². The van der Waals surface area contributed by atoms with E-state index in [2.05, 4.69) is 20.4 Å². The predicted molar refractivity (Wildman–Crippen MR) is 103 cm³/mol. The van der Waals surface area contributed by atoms with Crippen LogP contribution in [0.1, 0.15) is 34.7 Å². The topological polar surface area (TPSA) is 72.7 Å². The van der Waals surface area contributed by atoms with Crippen LogP contribution in [0.2, 0.25) is 0 Å². The number of nitrogens with one attached hydrogen (secondary N) is 1. The van der Waals surface area contributed by atoms with Crippen LogP contribution >= 0.6 is 11.8 Å². The third kappa shape index (κ3) is 6.43. The Labute approximate surface area is 186 Å². The monoisotopic (exact) mass is 493 g/mol. The molecule has 0 bridgehead atoms. The Bertz CT molecular complexity index is 1150. The summed E-state index contributed by atoms with van der Waals surface area (Å²) in [5.41, 5.74) is -1.75. The van der Waals surface area contributed by atoms with Crippen LogP contribution in [0.3, 0.4) is 0 Å². The summed E-state index contributed by atoms with van der Waals surface area (Å²) in [4.78, 5) is 19.9. The summed E-state index contributed by atoms with van der Waals surface area (Å²) < 4.78 is 91.9. The summed E-state index contributed by atoms with van der Waals surface area (Å²) in [5, 5.41) is 6.38. The third-order valence-electron chi connectivity index (χ3n) is 4.10. The van der Waals surface area contributed by atoms with Crippen LogP contribution in [0.4, 0.5) is 30.7 Å². The van der Waals surface area contributed by atoms with Gasteiger partial charge < -0.3 is 5.32 Å². The number of benzene rings is 1. The summed E-state index contributed by atoms with van der Waals surface area (Å²) in [6.45, 7) is 1.43. The average Bonchev–Trinajstić information content (AvgIpc) is 3.21. The summed E-state index contributed by atoms with van der Waals surface area (Å²) in [6, 6.07) is 3.61. The molecule has 0 aliphatic heterocycles. The standard InChI is InChI=1S/C19H14F7N5OS/c1-10(15-28-9-31(30-15)16-14(20)3-2-4-27-16)29-17(32)11-5-12(19(24,25)26)7-13(6-11)33-8-18(21,22)23/h2-7,9-10H,8H2,1H3,(H,29,32). The fraction of sp³-hybridized carbons (Fsp3) is 0.263. The maximum atomic E-state index is 13.8. The van der Waals surface area contributed by atoms with E-state index in [1.165, 1.54) is 19.2 Å². The van der Waals surface area contributed by atoms with Gasteiger partial charge in [0.2, 0.25) is 0 Å². The molecule has 14 heteroatoms. The van der Waals surface area contributed by atoms with Crippen molar-refractivity contribution in [3.05, 3.63) is 65.6 Å². The van der Waals surface area contributed by atoms with Gasteiger partial charge >= 0.3 is 12.4 Å². The Hall–Kier alpha value is -3.16. The van der Waals surface area contributed by atoms with Crippen molar-refractivity contribution < 1.29 is 35.5 Å². The van der Waals surface area contributed by atoms with Crippen LogP contribution in [0, 0.1) is 5.82 Å². The fourth-order valence-corrected chi connectivity index (χ4v) is 3.36. The molecule has 3 aromatic rings. The zero-order chi connectivity index (χ0) is 24.4. The van der Waals surface area contributed by atoms with Crippen molar-refractivity contribution in [1.82, 2.24) is 25.1 Å². The molecule has 3 rings (SSSR count). The SMILES string of the molecule is CC(NC(=O)c1cc(SCC(F)(F)F)cc(C(F)(F)F)c1)c1ncn(-c2ncccc2F)n1. The molecule has 2 heterocycles. The van der Waals surface area contributed by atoms with Crippen LogP contribution in [0.5, 0.6) is 0 Å². The van der Waals surface area contributed by atoms with Crippen LogP contribution in [0.15, 0.2) is 47.8 Å². The lowest BCUT2D eigenvalue weighted by atomic mass is 10.1. The molecule has 1 aromatic carbocycles. The van der Waals surface area contributed by atoms with Crippen LogP contribution in [-0.4, -0.2) is 37.6 Å². The number of halogens is 7. The molecule has 1 amide bonds. The Morgan fingerprint density at radius 2 is 1.88 bits per heavy atom. The number of carbonyl (C=O) groups is 1. The van der Waals surface area contributed by atoms with E-state index in [0.717, 1.165) is 23.1 Å². The zero-order valence-corrected chi connectivity index (χ0v) is 17.4. The van der Waals surface area contributed by atoms with E-state index in [-0.39, 0.29) is 28.3 Å². The lowest BCUT2D eigenvalue weighted by Gasteiger charge is -2.15. The largest absolute Gasteiger partial charge is 0.416 e. The van der Waals surface area contributed by atoms with Crippen LogP contribution < -0.4 is 5.32 Å². The molecule has 0 saturated carbocycles. The second-order valence-electron chi connectivity index (χ2n) is 6.70. The molecule has 0 radical (unpaired) electrons. The quantitative estimate of drug-likeness (QED) is 0.388. The predicted octanol–water partition coefficient (Wildman–Crippen LogP) is 4.97. The maximum Gasteiger partial charge on any atom is 0.416 e. The minimum Gasteiger partial charge on any atom is -0.342 e. The minimum atomic E-state index is -4.87. The first-order valence-electron chi connectivity index (χ1n) is 9.08. The molecule has 2 aromatic heterocycles. The summed E-state index contributed by atoms with van der Waals surface area (Å²) >= 11 is 0.131. The van der Waals surface area contributed by atoms with E-state index in [1.807, 2.05) is 0 Å². The van der Waals surface area contributed by atoms with E-state index in [9.17, 15) is 35.5 Å². The fourth-order valence-electron chi connectivity index (χ4n) is 2.61. The number of hydrogen-bond acceptors (Lipinski definition) is 5. The van der Waals surface area contributed by atoms with Gasteiger partial charge in [0.15, 0.2) is 17.5 Å². The molecular formula is C19H14F7N5OS. The molecule has 176 valence electrons. The molecule has 0 aliphatic carbocycles. The van der Waals surface area contributed by atoms with Gasteiger partial charge in [-0.05, 0) is 37.3 Å². The van der Waals surface area contributed by atoms with Gasteiger partial charge in [0.05, 0.1) is 17.4 Å².